The van der Waals surface area contributed by atoms with Crippen LogP contribution in [0.2, 0.25) is 0 Å². The molecule has 0 fully saturated rings. The van der Waals surface area contributed by atoms with Crippen molar-refractivity contribution in [2.75, 3.05) is 6.54 Å². The largest absolute Gasteiger partial charge is 0.317 e. The Bertz CT molecular complexity index is 111. The van der Waals surface area contributed by atoms with Crippen LogP contribution < -0.4 is 5.32 Å². The fourth-order valence-electron chi connectivity index (χ4n) is 0.620. The van der Waals surface area contributed by atoms with E-state index in [-0.39, 0.29) is 0 Å². The molecule has 38 valence electrons. The number of rotatable bonds is 0. The SMILES string of the molecule is CC1=CC[NH2+]C=C1. The van der Waals surface area contributed by atoms with Crippen molar-refractivity contribution in [3.05, 3.63) is 23.9 Å². The van der Waals surface area contributed by atoms with Gasteiger partial charge in [-0.2, -0.15) is 0 Å². The molecule has 0 saturated heterocycles. The lowest BCUT2D eigenvalue weighted by Crippen LogP contribution is -2.78. The second-order valence-electron chi connectivity index (χ2n) is 1.78. The summed E-state index contributed by atoms with van der Waals surface area (Å²) in [7, 11) is 0. The highest BCUT2D eigenvalue weighted by Gasteiger charge is 1.88. The van der Waals surface area contributed by atoms with Crippen molar-refractivity contribution in [1.82, 2.24) is 0 Å². The van der Waals surface area contributed by atoms with Crippen LogP contribution in [0.15, 0.2) is 23.9 Å². The van der Waals surface area contributed by atoms with Gasteiger partial charge >= 0.3 is 0 Å². The molecule has 1 rings (SSSR count). The minimum absolute atomic E-state index is 1.11. The molecule has 0 unspecified atom stereocenters. The zero-order valence-corrected chi connectivity index (χ0v) is 4.52. The summed E-state index contributed by atoms with van der Waals surface area (Å²) in [4.78, 5) is 0. The second kappa shape index (κ2) is 1.94. The second-order valence-corrected chi connectivity index (χ2v) is 1.78. The zero-order valence-electron chi connectivity index (χ0n) is 4.52. The third-order valence-electron chi connectivity index (χ3n) is 1.07. The first-order valence-corrected chi connectivity index (χ1v) is 2.56. The molecule has 0 atom stereocenters. The number of hydrogen-bond donors (Lipinski definition) is 1. The molecule has 2 N–H and O–H groups in total. The van der Waals surface area contributed by atoms with E-state index in [1.54, 1.807) is 0 Å². The first-order valence-electron chi connectivity index (χ1n) is 2.56. The summed E-state index contributed by atoms with van der Waals surface area (Å²) in [6.07, 6.45) is 6.42. The topological polar surface area (TPSA) is 16.6 Å². The zero-order chi connectivity index (χ0) is 5.11. The van der Waals surface area contributed by atoms with Gasteiger partial charge in [0.1, 0.15) is 0 Å². The highest BCUT2D eigenvalue weighted by atomic mass is 14.8. The van der Waals surface area contributed by atoms with Crippen molar-refractivity contribution in [3.63, 3.8) is 0 Å². The monoisotopic (exact) mass is 96.1 g/mol. The van der Waals surface area contributed by atoms with Crippen LogP contribution in [0.25, 0.3) is 0 Å². The van der Waals surface area contributed by atoms with E-state index in [0.29, 0.717) is 0 Å². The predicted molar refractivity (Wildman–Crippen MR) is 29.7 cm³/mol. The van der Waals surface area contributed by atoms with Crippen molar-refractivity contribution >= 4 is 0 Å². The Kier molecular flexibility index (Phi) is 1.27. The van der Waals surface area contributed by atoms with E-state index in [9.17, 15) is 0 Å². The molecule has 0 spiro atoms. The maximum absolute atomic E-state index is 2.21. The molecule has 0 aromatic rings. The molecule has 1 nitrogen and oxygen atoms in total. The molecule has 1 aliphatic rings. The van der Waals surface area contributed by atoms with Crippen LogP contribution in [0.3, 0.4) is 0 Å². The van der Waals surface area contributed by atoms with Gasteiger partial charge in [-0.25, -0.2) is 0 Å². The third kappa shape index (κ3) is 1.16. The van der Waals surface area contributed by atoms with Gasteiger partial charge < -0.3 is 5.32 Å². The number of nitrogens with two attached hydrogens (primary N) is 1. The summed E-state index contributed by atoms with van der Waals surface area (Å²) in [5, 5.41) is 2.15. The molecule has 0 aliphatic carbocycles. The van der Waals surface area contributed by atoms with Gasteiger partial charge in [0, 0.05) is 0 Å². The van der Waals surface area contributed by atoms with Gasteiger partial charge in [-0.05, 0) is 24.6 Å². The average molecular weight is 96.2 g/mol. The quantitative estimate of drug-likeness (QED) is 0.438. The van der Waals surface area contributed by atoms with Crippen molar-refractivity contribution in [3.8, 4) is 0 Å². The minimum Gasteiger partial charge on any atom is -0.317 e. The first-order chi connectivity index (χ1) is 3.39. The molecule has 1 aliphatic heterocycles. The number of quaternary nitrogens is 1. The molecular weight excluding hydrogens is 86.1 g/mol. The van der Waals surface area contributed by atoms with Crippen molar-refractivity contribution < 1.29 is 5.32 Å². The molecule has 0 amide bonds. The van der Waals surface area contributed by atoms with Crippen LogP contribution in [0, 0.1) is 0 Å². The summed E-state index contributed by atoms with van der Waals surface area (Å²) in [6, 6.07) is 0. The Labute approximate surface area is 43.7 Å². The van der Waals surface area contributed by atoms with Crippen LogP contribution in [-0.2, 0) is 0 Å². The van der Waals surface area contributed by atoms with E-state index in [2.05, 4.69) is 30.6 Å². The summed E-state index contributed by atoms with van der Waals surface area (Å²) < 4.78 is 0. The highest BCUT2D eigenvalue weighted by Crippen LogP contribution is 1.91. The van der Waals surface area contributed by atoms with Crippen molar-refractivity contribution in [2.45, 2.75) is 6.92 Å². The smallest absolute Gasteiger partial charge is 0.0989 e. The Morgan fingerprint density at radius 1 is 1.71 bits per heavy atom. The Morgan fingerprint density at radius 3 is 2.86 bits per heavy atom. The van der Waals surface area contributed by atoms with Gasteiger partial charge in [0.2, 0.25) is 0 Å². The van der Waals surface area contributed by atoms with Crippen molar-refractivity contribution in [1.29, 1.82) is 0 Å². The lowest BCUT2D eigenvalue weighted by atomic mass is 10.2. The van der Waals surface area contributed by atoms with Gasteiger partial charge in [-0.1, -0.05) is 0 Å². The molecule has 0 aromatic carbocycles. The lowest BCUT2D eigenvalue weighted by Gasteiger charge is -1.95. The van der Waals surface area contributed by atoms with Gasteiger partial charge in [0.05, 0.1) is 12.7 Å². The van der Waals surface area contributed by atoms with E-state index < -0.39 is 0 Å². The number of hydrogen-bond acceptors (Lipinski definition) is 0. The summed E-state index contributed by atoms with van der Waals surface area (Å²) >= 11 is 0. The Balaban J connectivity index is 2.58. The van der Waals surface area contributed by atoms with Gasteiger partial charge in [0.25, 0.3) is 0 Å². The molecule has 0 radical (unpaired) electrons. The van der Waals surface area contributed by atoms with Crippen LogP contribution in [0.5, 0.6) is 0 Å². The molecule has 0 saturated carbocycles. The van der Waals surface area contributed by atoms with E-state index in [4.69, 9.17) is 0 Å². The fourth-order valence-corrected chi connectivity index (χ4v) is 0.620. The maximum Gasteiger partial charge on any atom is 0.0989 e. The maximum atomic E-state index is 2.21. The molecule has 1 heteroatoms. The highest BCUT2D eigenvalue weighted by molar-refractivity contribution is 5.15. The molecule has 7 heavy (non-hydrogen) atoms. The summed E-state index contributed by atoms with van der Waals surface area (Å²) in [6.45, 7) is 3.23. The molecule has 1 heterocycles. The van der Waals surface area contributed by atoms with Crippen LogP contribution >= 0.6 is 0 Å². The summed E-state index contributed by atoms with van der Waals surface area (Å²) in [5.74, 6) is 0. The van der Waals surface area contributed by atoms with Crippen LogP contribution in [-0.4, -0.2) is 6.54 Å². The average Bonchev–Trinajstić information content (AvgIpc) is 1.69. The molecule has 0 aromatic heterocycles. The van der Waals surface area contributed by atoms with Crippen LogP contribution in [0.1, 0.15) is 6.92 Å². The first kappa shape index (κ1) is 4.60. The molecule has 0 bridgehead atoms. The molecular formula is C6H10N+. The van der Waals surface area contributed by atoms with Crippen LogP contribution in [0.4, 0.5) is 0 Å². The summed E-state index contributed by atoms with van der Waals surface area (Å²) in [5.41, 5.74) is 1.38. The third-order valence-corrected chi connectivity index (χ3v) is 1.07. The van der Waals surface area contributed by atoms with Gasteiger partial charge in [-0.15, -0.1) is 0 Å². The Hall–Kier alpha value is -0.560. The lowest BCUT2D eigenvalue weighted by molar-refractivity contribution is -0.578. The fraction of sp³-hybridized carbons (Fsp3) is 0.333. The van der Waals surface area contributed by atoms with E-state index in [0.717, 1.165) is 6.54 Å². The van der Waals surface area contributed by atoms with Gasteiger partial charge in [0.15, 0.2) is 0 Å². The minimum atomic E-state index is 1.11. The van der Waals surface area contributed by atoms with Crippen molar-refractivity contribution in [2.24, 2.45) is 0 Å². The normalized spacial score (nSPS) is 19.3. The van der Waals surface area contributed by atoms with E-state index in [1.165, 1.54) is 5.57 Å². The number of allylic oxidation sites excluding steroid dienone is 2. The van der Waals surface area contributed by atoms with Gasteiger partial charge in [-0.3, -0.25) is 0 Å². The standard InChI is InChI=1S/C6H9N/c1-6-2-4-7-5-3-6/h2-4,7H,5H2,1H3/p+1. The van der Waals surface area contributed by atoms with E-state index >= 15 is 0 Å². The van der Waals surface area contributed by atoms with E-state index in [1.807, 2.05) is 0 Å². The Morgan fingerprint density at radius 2 is 2.57 bits per heavy atom. The predicted octanol–water partition coefficient (Wildman–Crippen LogP) is 0.0234.